The van der Waals surface area contributed by atoms with Crippen molar-refractivity contribution in [2.45, 2.75) is 57.0 Å². The van der Waals surface area contributed by atoms with E-state index in [1.165, 1.54) is 25.0 Å². The van der Waals surface area contributed by atoms with E-state index in [9.17, 15) is 4.79 Å². The van der Waals surface area contributed by atoms with E-state index < -0.39 is 8.24 Å². The first kappa shape index (κ1) is 14.4. The lowest BCUT2D eigenvalue weighted by Crippen LogP contribution is -2.45. The molecule has 1 aliphatic rings. The maximum Gasteiger partial charge on any atom is 0.212 e. The smallest absolute Gasteiger partial charge is 0.212 e. The van der Waals surface area contributed by atoms with Gasteiger partial charge in [0, 0.05) is 17.4 Å². The minimum absolute atomic E-state index is 0.257. The predicted octanol–water partition coefficient (Wildman–Crippen LogP) is 3.65. The average molecular weight is 278 g/mol. The third-order valence-electron chi connectivity index (χ3n) is 2.42. The highest BCUT2D eigenvalue weighted by Crippen LogP contribution is 2.39. The van der Waals surface area contributed by atoms with Gasteiger partial charge in [0.1, 0.15) is 8.24 Å². The molecule has 0 aliphatic carbocycles. The van der Waals surface area contributed by atoms with Gasteiger partial charge in [0.25, 0.3) is 0 Å². The molecule has 1 amide bonds. The highest BCUT2D eigenvalue weighted by atomic mass is 33.1. The van der Waals surface area contributed by atoms with E-state index in [0.717, 1.165) is 18.1 Å². The van der Waals surface area contributed by atoms with Crippen LogP contribution in [0.3, 0.4) is 0 Å². The topological polar surface area (TPSA) is 29.1 Å². The summed E-state index contributed by atoms with van der Waals surface area (Å²) in [5.74, 6) is 1.57. The minimum atomic E-state index is -1.41. The molecule has 1 unspecified atom stereocenters. The summed E-state index contributed by atoms with van der Waals surface area (Å²) in [4.78, 5) is 14.7. The zero-order chi connectivity index (χ0) is 12.0. The molecule has 2 nitrogen and oxygen atoms in total. The fraction of sp³-hybridized carbons (Fsp3) is 0.909. The molecule has 0 saturated carbocycles. The van der Waals surface area contributed by atoms with Gasteiger partial charge in [-0.3, -0.25) is 4.79 Å². The van der Waals surface area contributed by atoms with Gasteiger partial charge in [-0.2, -0.15) is 0 Å². The number of carbonyl (C=O) groups is 1. The van der Waals surface area contributed by atoms with Gasteiger partial charge in [0.2, 0.25) is 5.91 Å². The highest BCUT2D eigenvalue weighted by Gasteiger charge is 2.17. The summed E-state index contributed by atoms with van der Waals surface area (Å²) in [6.45, 7) is 6.49. The summed E-state index contributed by atoms with van der Waals surface area (Å²) in [6.07, 6.45) is 5.62. The summed E-state index contributed by atoms with van der Waals surface area (Å²) in [5.41, 5.74) is 0. The maximum absolute atomic E-state index is 11.6. The van der Waals surface area contributed by atoms with Gasteiger partial charge in [-0.15, -0.1) is 0 Å². The molecule has 1 N–H and O–H groups in total. The van der Waals surface area contributed by atoms with Gasteiger partial charge in [0.15, 0.2) is 0 Å². The Labute approximate surface area is 108 Å². The van der Waals surface area contributed by atoms with Crippen LogP contribution in [-0.4, -0.2) is 25.1 Å². The molecule has 0 aromatic carbocycles. The lowest BCUT2D eigenvalue weighted by molar-refractivity contribution is -0.119. The average Bonchev–Trinajstić information content (AvgIpc) is 2.62. The predicted molar refractivity (Wildman–Crippen MR) is 78.4 cm³/mol. The summed E-state index contributed by atoms with van der Waals surface area (Å²) < 4.78 is 0. The second kappa shape index (κ2) is 6.96. The third-order valence-corrected chi connectivity index (χ3v) is 6.46. The Morgan fingerprint density at radius 2 is 2.12 bits per heavy atom. The van der Waals surface area contributed by atoms with E-state index in [-0.39, 0.29) is 5.91 Å². The van der Waals surface area contributed by atoms with Gasteiger partial charge in [-0.1, -0.05) is 47.6 Å². The summed E-state index contributed by atoms with van der Waals surface area (Å²) in [5, 5.41) is 0.852. The Bertz CT molecular complexity index is 225. The Balaban J connectivity index is 2.00. The third kappa shape index (κ3) is 6.86. The fourth-order valence-electron chi connectivity index (χ4n) is 1.70. The highest BCUT2D eigenvalue weighted by molar-refractivity contribution is 8.77. The second-order valence-electron chi connectivity index (χ2n) is 5.37. The number of unbranched alkanes of at least 4 members (excludes halogenated alkanes) is 1. The molecule has 0 aromatic heterocycles. The van der Waals surface area contributed by atoms with Crippen molar-refractivity contribution in [2.24, 2.45) is 0 Å². The summed E-state index contributed by atoms with van der Waals surface area (Å²) >= 11 is 0. The van der Waals surface area contributed by atoms with Gasteiger partial charge in [0.05, 0.1) is 0 Å². The largest absolute Gasteiger partial charge is 0.382 e. The van der Waals surface area contributed by atoms with Gasteiger partial charge >= 0.3 is 0 Å². The van der Waals surface area contributed by atoms with Crippen LogP contribution in [0.5, 0.6) is 0 Å². The first-order valence-corrected chi connectivity index (χ1v) is 11.9. The lowest BCUT2D eigenvalue weighted by atomic mass is 10.1. The number of amides is 1. The minimum Gasteiger partial charge on any atom is -0.382 e. The molecule has 1 saturated heterocycles. The van der Waals surface area contributed by atoms with Crippen LogP contribution in [0.2, 0.25) is 19.6 Å². The quantitative estimate of drug-likeness (QED) is 0.456. The normalized spacial score (nSPS) is 21.1. The van der Waals surface area contributed by atoms with Crippen molar-refractivity contribution in [3.05, 3.63) is 0 Å². The molecule has 0 aromatic rings. The lowest BCUT2D eigenvalue weighted by Gasteiger charge is -2.17. The molecular weight excluding hydrogens is 254 g/mol. The zero-order valence-corrected chi connectivity index (χ0v) is 13.2. The van der Waals surface area contributed by atoms with Crippen LogP contribution < -0.4 is 4.98 Å². The van der Waals surface area contributed by atoms with E-state index in [2.05, 4.69) is 24.6 Å². The Morgan fingerprint density at radius 3 is 2.69 bits per heavy atom. The molecule has 0 bridgehead atoms. The zero-order valence-electron chi connectivity index (χ0n) is 10.5. The first-order valence-electron chi connectivity index (χ1n) is 6.07. The van der Waals surface area contributed by atoms with Crippen LogP contribution in [0, 0.1) is 0 Å². The molecule has 1 heterocycles. The molecule has 1 aliphatic heterocycles. The molecule has 1 fully saturated rings. The van der Waals surface area contributed by atoms with E-state index in [1.807, 2.05) is 21.6 Å². The van der Waals surface area contributed by atoms with Crippen LogP contribution in [0.1, 0.15) is 32.1 Å². The van der Waals surface area contributed by atoms with Crippen LogP contribution in [-0.2, 0) is 4.79 Å². The van der Waals surface area contributed by atoms with E-state index in [4.69, 9.17) is 0 Å². The molecule has 1 rings (SSSR count). The Hall–Kier alpha value is 0.387. The van der Waals surface area contributed by atoms with Crippen molar-refractivity contribution in [1.82, 2.24) is 4.98 Å². The Kier molecular flexibility index (Phi) is 6.29. The molecule has 1 atom stereocenters. The van der Waals surface area contributed by atoms with Crippen molar-refractivity contribution < 1.29 is 4.79 Å². The maximum atomic E-state index is 11.6. The summed E-state index contributed by atoms with van der Waals surface area (Å²) in [7, 11) is 2.62. The van der Waals surface area contributed by atoms with E-state index >= 15 is 0 Å². The Morgan fingerprint density at radius 1 is 1.38 bits per heavy atom. The van der Waals surface area contributed by atoms with Crippen LogP contribution in [0.4, 0.5) is 0 Å². The number of hydrogen-bond donors (Lipinski definition) is 1. The fourth-order valence-corrected chi connectivity index (χ4v) is 5.69. The van der Waals surface area contributed by atoms with Crippen molar-refractivity contribution >= 4 is 35.7 Å². The van der Waals surface area contributed by atoms with Crippen molar-refractivity contribution in [2.75, 3.05) is 5.75 Å². The van der Waals surface area contributed by atoms with Crippen molar-refractivity contribution in [3.63, 3.8) is 0 Å². The van der Waals surface area contributed by atoms with Crippen molar-refractivity contribution in [3.8, 4) is 0 Å². The number of rotatable bonds is 6. The molecule has 16 heavy (non-hydrogen) atoms. The van der Waals surface area contributed by atoms with Crippen LogP contribution >= 0.6 is 21.6 Å². The molecule has 94 valence electrons. The van der Waals surface area contributed by atoms with Crippen LogP contribution in [0.15, 0.2) is 0 Å². The molecule has 0 spiro atoms. The first-order chi connectivity index (χ1) is 7.47. The number of hydrogen-bond acceptors (Lipinski definition) is 3. The SMILES string of the molecule is C[Si](C)(C)NC(=O)CCCCC1CCSS1. The van der Waals surface area contributed by atoms with E-state index in [1.54, 1.807) is 0 Å². The van der Waals surface area contributed by atoms with Crippen molar-refractivity contribution in [1.29, 1.82) is 0 Å². The standard InChI is InChI=1S/C11H23NOS2Si/c1-16(2,3)12-11(13)7-5-4-6-10-8-9-14-15-10/h10H,4-9H2,1-3H3,(H,12,13). The second-order valence-corrected chi connectivity index (χ2v) is 12.9. The van der Waals surface area contributed by atoms with Crippen LogP contribution in [0.25, 0.3) is 0 Å². The molecular formula is C11H23NOS2Si. The van der Waals surface area contributed by atoms with Gasteiger partial charge < -0.3 is 4.98 Å². The van der Waals surface area contributed by atoms with E-state index in [0.29, 0.717) is 0 Å². The molecule has 0 radical (unpaired) electrons. The summed E-state index contributed by atoms with van der Waals surface area (Å²) in [6, 6.07) is 0. The number of nitrogens with one attached hydrogen (secondary N) is 1. The van der Waals surface area contributed by atoms with Gasteiger partial charge in [-0.25, -0.2) is 0 Å². The monoisotopic (exact) mass is 277 g/mol. The molecule has 5 heteroatoms. The van der Waals surface area contributed by atoms with Gasteiger partial charge in [-0.05, 0) is 19.3 Å². The number of carbonyl (C=O) groups excluding carboxylic acids is 1.